The maximum absolute atomic E-state index is 9.49. The predicted molar refractivity (Wildman–Crippen MR) is 76.9 cm³/mol. The molecule has 0 heterocycles. The van der Waals surface area contributed by atoms with Crippen molar-refractivity contribution in [2.45, 2.75) is 33.3 Å². The van der Waals surface area contributed by atoms with Crippen LogP contribution in [-0.2, 0) is 6.42 Å². The third-order valence-corrected chi connectivity index (χ3v) is 3.51. The van der Waals surface area contributed by atoms with Crippen LogP contribution in [-0.4, -0.2) is 42.8 Å². The molecule has 1 unspecified atom stereocenters. The average molecular weight is 250 g/mol. The third-order valence-electron chi connectivity index (χ3n) is 3.51. The zero-order chi connectivity index (χ0) is 13.7. The van der Waals surface area contributed by atoms with Crippen LogP contribution in [0.5, 0.6) is 0 Å². The van der Waals surface area contributed by atoms with Crippen LogP contribution in [0.25, 0.3) is 0 Å². The van der Waals surface area contributed by atoms with E-state index in [-0.39, 0.29) is 0 Å². The van der Waals surface area contributed by atoms with Gasteiger partial charge in [0.1, 0.15) is 0 Å². The maximum Gasteiger partial charge on any atom is 0.0788 e. The number of hydrogen-bond donors (Lipinski definition) is 2. The van der Waals surface area contributed by atoms with E-state index in [1.165, 1.54) is 22.3 Å². The zero-order valence-corrected chi connectivity index (χ0v) is 12.0. The molecule has 18 heavy (non-hydrogen) atoms. The molecule has 1 rings (SSSR count). The highest BCUT2D eigenvalue weighted by Gasteiger charge is 2.07. The van der Waals surface area contributed by atoms with Crippen LogP contribution in [0.4, 0.5) is 0 Å². The van der Waals surface area contributed by atoms with E-state index in [2.05, 4.69) is 37.8 Å². The summed E-state index contributed by atoms with van der Waals surface area (Å²) in [5.74, 6) is 0. The molecule has 0 saturated carbocycles. The van der Waals surface area contributed by atoms with Gasteiger partial charge in [0.25, 0.3) is 0 Å². The number of benzene rings is 1. The minimum atomic E-state index is -0.421. The first-order valence-electron chi connectivity index (χ1n) is 6.57. The van der Waals surface area contributed by atoms with E-state index in [1.807, 2.05) is 7.05 Å². The number of aliphatic hydroxyl groups is 1. The van der Waals surface area contributed by atoms with Gasteiger partial charge in [-0.1, -0.05) is 12.1 Å². The first-order valence-corrected chi connectivity index (χ1v) is 6.57. The summed E-state index contributed by atoms with van der Waals surface area (Å²) in [6, 6.07) is 4.53. The molecule has 0 fully saturated rings. The number of hydrogen-bond acceptors (Lipinski definition) is 3. The van der Waals surface area contributed by atoms with Crippen molar-refractivity contribution < 1.29 is 5.11 Å². The molecule has 0 aliphatic rings. The molecule has 0 saturated heterocycles. The Morgan fingerprint density at radius 1 is 1.17 bits per heavy atom. The van der Waals surface area contributed by atoms with Crippen molar-refractivity contribution in [3.8, 4) is 0 Å². The minimum absolute atomic E-state index is 0.326. The fourth-order valence-corrected chi connectivity index (χ4v) is 2.13. The van der Waals surface area contributed by atoms with E-state index in [0.29, 0.717) is 13.1 Å². The molecular formula is C15H26N2O. The summed E-state index contributed by atoms with van der Waals surface area (Å²) >= 11 is 0. The highest BCUT2D eigenvalue weighted by Crippen LogP contribution is 2.16. The van der Waals surface area contributed by atoms with Gasteiger partial charge < -0.3 is 15.7 Å². The number of nitrogens with zero attached hydrogens (tertiary/aromatic N) is 1. The molecule has 1 aromatic rings. The summed E-state index contributed by atoms with van der Waals surface area (Å²) in [6.45, 7) is 8.38. The molecule has 102 valence electrons. The van der Waals surface area contributed by atoms with Crippen molar-refractivity contribution in [3.05, 3.63) is 34.4 Å². The van der Waals surface area contributed by atoms with Crippen LogP contribution in [0.1, 0.15) is 22.3 Å². The molecule has 3 heteroatoms. The van der Waals surface area contributed by atoms with Gasteiger partial charge in [-0.25, -0.2) is 0 Å². The standard InChI is InChI=1S/C15H26N2O/c1-11-7-13(3)14(8-12(11)2)5-6-17(4)10-15(18)9-16/h7-8,15,18H,5-6,9-10,16H2,1-4H3. The van der Waals surface area contributed by atoms with Crippen molar-refractivity contribution in [1.29, 1.82) is 0 Å². The van der Waals surface area contributed by atoms with Crippen molar-refractivity contribution >= 4 is 0 Å². The second kappa shape index (κ2) is 6.88. The Hall–Kier alpha value is -0.900. The average Bonchev–Trinajstić information content (AvgIpc) is 2.32. The molecule has 1 aromatic carbocycles. The molecule has 0 aliphatic heterocycles. The molecule has 0 bridgehead atoms. The number of rotatable bonds is 6. The Balaban J connectivity index is 2.55. The van der Waals surface area contributed by atoms with Gasteiger partial charge in [-0.2, -0.15) is 0 Å². The summed E-state index contributed by atoms with van der Waals surface area (Å²) in [5.41, 5.74) is 10.9. The van der Waals surface area contributed by atoms with Crippen molar-refractivity contribution in [1.82, 2.24) is 4.90 Å². The topological polar surface area (TPSA) is 49.5 Å². The molecule has 0 spiro atoms. The monoisotopic (exact) mass is 250 g/mol. The number of aryl methyl sites for hydroxylation is 3. The fraction of sp³-hybridized carbons (Fsp3) is 0.600. The van der Waals surface area contributed by atoms with Crippen LogP contribution in [0.15, 0.2) is 12.1 Å². The molecule has 0 amide bonds. The van der Waals surface area contributed by atoms with Crippen LogP contribution in [0.2, 0.25) is 0 Å². The second-order valence-corrected chi connectivity index (χ2v) is 5.26. The summed E-state index contributed by atoms with van der Waals surface area (Å²) < 4.78 is 0. The fourth-order valence-electron chi connectivity index (χ4n) is 2.13. The third kappa shape index (κ3) is 4.41. The Bertz CT molecular complexity index is 390. The lowest BCUT2D eigenvalue weighted by Gasteiger charge is -2.20. The van der Waals surface area contributed by atoms with Gasteiger partial charge in [0.15, 0.2) is 0 Å². The Kier molecular flexibility index (Phi) is 5.79. The lowest BCUT2D eigenvalue weighted by Crippen LogP contribution is -2.35. The van der Waals surface area contributed by atoms with Crippen LogP contribution in [0, 0.1) is 20.8 Å². The quantitative estimate of drug-likeness (QED) is 0.802. The van der Waals surface area contributed by atoms with Gasteiger partial charge in [0, 0.05) is 19.6 Å². The van der Waals surface area contributed by atoms with E-state index in [0.717, 1.165) is 13.0 Å². The highest BCUT2D eigenvalue weighted by molar-refractivity contribution is 5.36. The molecule has 1 atom stereocenters. The van der Waals surface area contributed by atoms with Gasteiger partial charge in [-0.3, -0.25) is 0 Å². The maximum atomic E-state index is 9.49. The van der Waals surface area contributed by atoms with Crippen molar-refractivity contribution in [2.75, 3.05) is 26.7 Å². The van der Waals surface area contributed by atoms with Crippen LogP contribution >= 0.6 is 0 Å². The van der Waals surface area contributed by atoms with E-state index in [1.54, 1.807) is 0 Å². The molecule has 0 radical (unpaired) electrons. The number of likely N-dealkylation sites (N-methyl/N-ethyl adjacent to an activating group) is 1. The summed E-state index contributed by atoms with van der Waals surface area (Å²) in [5, 5.41) is 9.49. The predicted octanol–water partition coefficient (Wildman–Crippen LogP) is 1.41. The first kappa shape index (κ1) is 15.2. The molecule has 3 N–H and O–H groups in total. The largest absolute Gasteiger partial charge is 0.390 e. The number of nitrogens with two attached hydrogens (primary N) is 1. The zero-order valence-electron chi connectivity index (χ0n) is 12.0. The van der Waals surface area contributed by atoms with E-state index in [9.17, 15) is 5.11 Å². The lowest BCUT2D eigenvalue weighted by molar-refractivity contribution is 0.133. The SMILES string of the molecule is Cc1cc(C)c(CCN(C)CC(O)CN)cc1C. The van der Waals surface area contributed by atoms with E-state index >= 15 is 0 Å². The highest BCUT2D eigenvalue weighted by atomic mass is 16.3. The normalized spacial score (nSPS) is 13.1. The number of aliphatic hydroxyl groups excluding tert-OH is 1. The lowest BCUT2D eigenvalue weighted by atomic mass is 9.99. The molecule has 3 nitrogen and oxygen atoms in total. The minimum Gasteiger partial charge on any atom is -0.390 e. The Labute approximate surface area is 111 Å². The van der Waals surface area contributed by atoms with Gasteiger partial charge in [-0.05, 0) is 56.5 Å². The molecule has 0 aromatic heterocycles. The van der Waals surface area contributed by atoms with Crippen LogP contribution in [0.3, 0.4) is 0 Å². The summed E-state index contributed by atoms with van der Waals surface area (Å²) in [7, 11) is 2.02. The molecular weight excluding hydrogens is 224 g/mol. The van der Waals surface area contributed by atoms with Crippen LogP contribution < -0.4 is 5.73 Å². The van der Waals surface area contributed by atoms with Gasteiger partial charge in [-0.15, -0.1) is 0 Å². The van der Waals surface area contributed by atoms with Crippen molar-refractivity contribution in [3.63, 3.8) is 0 Å². The van der Waals surface area contributed by atoms with E-state index in [4.69, 9.17) is 5.73 Å². The van der Waals surface area contributed by atoms with Gasteiger partial charge in [0.05, 0.1) is 6.10 Å². The van der Waals surface area contributed by atoms with Gasteiger partial charge >= 0.3 is 0 Å². The second-order valence-electron chi connectivity index (χ2n) is 5.26. The Morgan fingerprint density at radius 3 is 2.39 bits per heavy atom. The summed E-state index contributed by atoms with van der Waals surface area (Å²) in [6.07, 6.45) is 0.594. The Morgan fingerprint density at radius 2 is 1.78 bits per heavy atom. The van der Waals surface area contributed by atoms with Gasteiger partial charge in [0.2, 0.25) is 0 Å². The summed E-state index contributed by atoms with van der Waals surface area (Å²) in [4.78, 5) is 2.13. The van der Waals surface area contributed by atoms with Crippen molar-refractivity contribution in [2.24, 2.45) is 5.73 Å². The first-order chi connectivity index (χ1) is 8.43. The smallest absolute Gasteiger partial charge is 0.0788 e. The molecule has 0 aliphatic carbocycles. The van der Waals surface area contributed by atoms with E-state index < -0.39 is 6.10 Å².